The van der Waals surface area contributed by atoms with Crippen molar-refractivity contribution in [3.05, 3.63) is 50.6 Å². The molecule has 0 unspecified atom stereocenters. The SMILES string of the molecule is O=C(COC(=O)Cc1cccs1)Nc1cccc(Cl)c1Cl. The molecule has 0 spiro atoms. The minimum absolute atomic E-state index is 0.156. The first-order valence-corrected chi connectivity index (χ1v) is 7.61. The Bertz CT molecular complexity index is 644. The van der Waals surface area contributed by atoms with Crippen molar-refractivity contribution < 1.29 is 14.3 Å². The third-order valence-electron chi connectivity index (χ3n) is 2.49. The number of rotatable bonds is 5. The van der Waals surface area contributed by atoms with Gasteiger partial charge in [0.1, 0.15) is 0 Å². The van der Waals surface area contributed by atoms with Crippen LogP contribution in [0.1, 0.15) is 4.88 Å². The van der Waals surface area contributed by atoms with Crippen molar-refractivity contribution in [3.63, 3.8) is 0 Å². The van der Waals surface area contributed by atoms with E-state index in [-0.39, 0.29) is 18.1 Å². The molecule has 4 nitrogen and oxygen atoms in total. The van der Waals surface area contributed by atoms with Crippen LogP contribution in [0.4, 0.5) is 5.69 Å². The fraction of sp³-hybridized carbons (Fsp3) is 0.143. The molecule has 1 amide bonds. The first-order chi connectivity index (χ1) is 10.1. The topological polar surface area (TPSA) is 55.4 Å². The summed E-state index contributed by atoms with van der Waals surface area (Å²) in [4.78, 5) is 24.1. The van der Waals surface area contributed by atoms with Gasteiger partial charge in [-0.1, -0.05) is 35.3 Å². The van der Waals surface area contributed by atoms with Gasteiger partial charge in [0.25, 0.3) is 5.91 Å². The number of carbonyl (C=O) groups excluding carboxylic acids is 2. The molecule has 2 aromatic rings. The van der Waals surface area contributed by atoms with Gasteiger partial charge in [0, 0.05) is 4.88 Å². The van der Waals surface area contributed by atoms with Gasteiger partial charge in [-0.05, 0) is 23.6 Å². The van der Waals surface area contributed by atoms with Crippen LogP contribution in [0.25, 0.3) is 0 Å². The van der Waals surface area contributed by atoms with Crippen LogP contribution in [0, 0.1) is 0 Å². The van der Waals surface area contributed by atoms with Crippen LogP contribution in [0.2, 0.25) is 10.0 Å². The number of ether oxygens (including phenoxy) is 1. The van der Waals surface area contributed by atoms with Gasteiger partial charge in [0.15, 0.2) is 6.61 Å². The largest absolute Gasteiger partial charge is 0.455 e. The molecular weight excluding hydrogens is 333 g/mol. The second kappa shape index (κ2) is 7.45. The van der Waals surface area contributed by atoms with Crippen LogP contribution in [0.15, 0.2) is 35.7 Å². The molecule has 0 atom stereocenters. The summed E-state index contributed by atoms with van der Waals surface area (Å²) in [7, 11) is 0. The molecule has 21 heavy (non-hydrogen) atoms. The smallest absolute Gasteiger partial charge is 0.311 e. The molecule has 1 N–H and O–H groups in total. The number of hydrogen-bond donors (Lipinski definition) is 1. The molecule has 0 saturated carbocycles. The minimum atomic E-state index is -0.473. The molecule has 0 aliphatic rings. The number of hydrogen-bond acceptors (Lipinski definition) is 4. The average molecular weight is 344 g/mol. The van der Waals surface area contributed by atoms with Crippen LogP contribution < -0.4 is 5.32 Å². The van der Waals surface area contributed by atoms with Crippen molar-refractivity contribution in [1.82, 2.24) is 0 Å². The number of carbonyl (C=O) groups is 2. The first kappa shape index (κ1) is 15.8. The number of esters is 1. The lowest BCUT2D eigenvalue weighted by Gasteiger charge is -2.08. The van der Waals surface area contributed by atoms with E-state index < -0.39 is 11.9 Å². The van der Waals surface area contributed by atoms with E-state index in [1.165, 1.54) is 11.3 Å². The summed E-state index contributed by atoms with van der Waals surface area (Å²) in [5, 5.41) is 4.99. The maximum atomic E-state index is 11.7. The predicted octanol–water partition coefficient (Wildman–Crippen LogP) is 3.78. The summed E-state index contributed by atoms with van der Waals surface area (Å²) in [5.74, 6) is -0.927. The lowest BCUT2D eigenvalue weighted by atomic mass is 10.3. The molecule has 2 rings (SSSR count). The van der Waals surface area contributed by atoms with Gasteiger partial charge in [0.05, 0.1) is 22.2 Å². The van der Waals surface area contributed by atoms with Crippen LogP contribution in [-0.4, -0.2) is 18.5 Å². The average Bonchev–Trinajstić information content (AvgIpc) is 2.94. The summed E-state index contributed by atoms with van der Waals surface area (Å²) in [6.45, 7) is -0.368. The van der Waals surface area contributed by atoms with E-state index in [0.717, 1.165) is 4.88 Å². The fourth-order valence-corrected chi connectivity index (χ4v) is 2.58. The summed E-state index contributed by atoms with van der Waals surface area (Å²) >= 11 is 13.2. The van der Waals surface area contributed by atoms with Crippen LogP contribution >= 0.6 is 34.5 Å². The van der Waals surface area contributed by atoms with Gasteiger partial charge in [-0.15, -0.1) is 11.3 Å². The summed E-state index contributed by atoms with van der Waals surface area (Å²) < 4.78 is 4.90. The molecular formula is C14H11Cl2NO3S. The van der Waals surface area contributed by atoms with Gasteiger partial charge >= 0.3 is 5.97 Å². The molecule has 0 bridgehead atoms. The third-order valence-corrected chi connectivity index (χ3v) is 4.18. The van der Waals surface area contributed by atoms with Gasteiger partial charge in [0.2, 0.25) is 0 Å². The highest BCUT2D eigenvalue weighted by Gasteiger charge is 2.11. The normalized spacial score (nSPS) is 10.2. The second-order valence-corrected chi connectivity index (χ2v) is 5.88. The highest BCUT2D eigenvalue weighted by atomic mass is 35.5. The van der Waals surface area contributed by atoms with Crippen molar-refractivity contribution in [2.45, 2.75) is 6.42 Å². The van der Waals surface area contributed by atoms with Crippen molar-refractivity contribution in [2.24, 2.45) is 0 Å². The number of nitrogens with one attached hydrogen (secondary N) is 1. The highest BCUT2D eigenvalue weighted by Crippen LogP contribution is 2.29. The molecule has 0 fully saturated rings. The van der Waals surface area contributed by atoms with E-state index in [2.05, 4.69) is 5.32 Å². The Hall–Kier alpha value is -1.56. The molecule has 7 heteroatoms. The lowest BCUT2D eigenvalue weighted by Crippen LogP contribution is -2.21. The number of anilines is 1. The number of benzene rings is 1. The molecule has 1 heterocycles. The van der Waals surface area contributed by atoms with E-state index in [1.54, 1.807) is 18.2 Å². The quantitative estimate of drug-likeness (QED) is 0.840. The standard InChI is InChI=1S/C14H11Cl2NO3S/c15-10-4-1-5-11(14(10)16)17-12(18)8-20-13(19)7-9-3-2-6-21-9/h1-6H,7-8H2,(H,17,18). The molecule has 1 aromatic heterocycles. The van der Waals surface area contributed by atoms with E-state index in [0.29, 0.717) is 10.7 Å². The fourth-order valence-electron chi connectivity index (χ4n) is 1.54. The van der Waals surface area contributed by atoms with Crippen LogP contribution in [0.5, 0.6) is 0 Å². The van der Waals surface area contributed by atoms with Gasteiger partial charge < -0.3 is 10.1 Å². The van der Waals surface area contributed by atoms with Crippen LogP contribution in [-0.2, 0) is 20.7 Å². The maximum Gasteiger partial charge on any atom is 0.311 e. The molecule has 0 saturated heterocycles. The van der Waals surface area contributed by atoms with Gasteiger partial charge in [-0.3, -0.25) is 9.59 Å². The molecule has 0 aliphatic carbocycles. The van der Waals surface area contributed by atoms with Gasteiger partial charge in [-0.2, -0.15) is 0 Å². The Morgan fingerprint density at radius 2 is 2.00 bits per heavy atom. The zero-order valence-electron chi connectivity index (χ0n) is 10.8. The van der Waals surface area contributed by atoms with E-state index in [1.807, 2.05) is 17.5 Å². The van der Waals surface area contributed by atoms with Crippen LogP contribution in [0.3, 0.4) is 0 Å². The summed E-state index contributed by atoms with van der Waals surface area (Å²) in [6.07, 6.45) is 0.156. The van der Waals surface area contributed by atoms with E-state index in [4.69, 9.17) is 27.9 Å². The number of amides is 1. The Balaban J connectivity index is 1.82. The number of halogens is 2. The summed E-state index contributed by atoms with van der Waals surface area (Å²) in [6, 6.07) is 8.56. The Kier molecular flexibility index (Phi) is 5.61. The Labute approximate surface area is 135 Å². The molecule has 110 valence electrons. The number of thiophene rings is 1. The first-order valence-electron chi connectivity index (χ1n) is 5.98. The Morgan fingerprint density at radius 3 is 2.71 bits per heavy atom. The predicted molar refractivity (Wildman–Crippen MR) is 84.1 cm³/mol. The van der Waals surface area contributed by atoms with Gasteiger partial charge in [-0.25, -0.2) is 0 Å². The van der Waals surface area contributed by atoms with Crippen molar-refractivity contribution in [1.29, 1.82) is 0 Å². The van der Waals surface area contributed by atoms with Crippen molar-refractivity contribution in [2.75, 3.05) is 11.9 Å². The molecule has 0 aliphatic heterocycles. The van der Waals surface area contributed by atoms with Crippen molar-refractivity contribution in [3.8, 4) is 0 Å². The zero-order valence-corrected chi connectivity index (χ0v) is 13.1. The second-order valence-electron chi connectivity index (χ2n) is 4.07. The van der Waals surface area contributed by atoms with E-state index in [9.17, 15) is 9.59 Å². The van der Waals surface area contributed by atoms with Crippen molar-refractivity contribution >= 4 is 52.1 Å². The highest BCUT2D eigenvalue weighted by molar-refractivity contribution is 7.10. The zero-order chi connectivity index (χ0) is 15.2. The monoisotopic (exact) mass is 343 g/mol. The van der Waals surface area contributed by atoms with E-state index >= 15 is 0 Å². The summed E-state index contributed by atoms with van der Waals surface area (Å²) in [5.41, 5.74) is 0.378. The lowest BCUT2D eigenvalue weighted by molar-refractivity contribution is -0.146. The molecule has 0 radical (unpaired) electrons. The minimum Gasteiger partial charge on any atom is -0.455 e. The maximum absolute atomic E-state index is 11.7. The molecule has 1 aromatic carbocycles. The Morgan fingerprint density at radius 1 is 1.19 bits per heavy atom. The third kappa shape index (κ3) is 4.74.